The van der Waals surface area contributed by atoms with E-state index < -0.39 is 5.97 Å². The molecule has 6 nitrogen and oxygen atoms in total. The number of hydrogen-bond acceptors (Lipinski definition) is 6. The first kappa shape index (κ1) is 20.8. The molecule has 0 radical (unpaired) electrons. The second-order valence-corrected chi connectivity index (χ2v) is 7.94. The van der Waals surface area contributed by atoms with Crippen molar-refractivity contribution in [3.05, 3.63) is 70.6 Å². The zero-order valence-electron chi connectivity index (χ0n) is 15.3. The summed E-state index contributed by atoms with van der Waals surface area (Å²) in [5.74, 6) is -1.74. The molecule has 0 aromatic heterocycles. The zero-order chi connectivity index (χ0) is 20.8. The van der Waals surface area contributed by atoms with Gasteiger partial charge in [-0.1, -0.05) is 66.4 Å². The van der Waals surface area contributed by atoms with E-state index in [0.29, 0.717) is 27.9 Å². The molecular weight excluding hydrogens is 408 g/mol. The van der Waals surface area contributed by atoms with Crippen LogP contribution >= 0.6 is 24.0 Å². The Morgan fingerprint density at radius 1 is 1.14 bits per heavy atom. The van der Waals surface area contributed by atoms with Gasteiger partial charge >= 0.3 is 0 Å². The first-order valence-corrected chi connectivity index (χ1v) is 10.1. The lowest BCUT2D eigenvalue weighted by Gasteiger charge is -2.14. The van der Waals surface area contributed by atoms with Crippen molar-refractivity contribution >= 4 is 57.8 Å². The summed E-state index contributed by atoms with van der Waals surface area (Å²) >= 11 is 6.55. The Balaban J connectivity index is 1.52. The third-order valence-corrected chi connectivity index (χ3v) is 5.52. The predicted octanol–water partition coefficient (Wildman–Crippen LogP) is 2.67. The Bertz CT molecular complexity index is 989. The molecule has 0 aliphatic carbocycles. The van der Waals surface area contributed by atoms with Gasteiger partial charge in [0.2, 0.25) is 5.91 Å². The number of nitrogens with one attached hydrogen (secondary N) is 1. The molecule has 29 heavy (non-hydrogen) atoms. The number of carboxylic acid groups (broad SMARTS) is 1. The number of carboxylic acids is 1. The molecule has 0 spiro atoms. The number of anilines is 1. The third kappa shape index (κ3) is 5.52. The van der Waals surface area contributed by atoms with Crippen molar-refractivity contribution in [1.29, 1.82) is 0 Å². The summed E-state index contributed by atoms with van der Waals surface area (Å²) in [6.07, 6.45) is 2.40. The molecule has 2 aromatic carbocycles. The van der Waals surface area contributed by atoms with Crippen LogP contribution < -0.4 is 10.4 Å². The van der Waals surface area contributed by atoms with Crippen molar-refractivity contribution in [2.45, 2.75) is 12.8 Å². The highest BCUT2D eigenvalue weighted by Gasteiger charge is 2.31. The predicted molar refractivity (Wildman–Crippen MR) is 115 cm³/mol. The first-order valence-electron chi connectivity index (χ1n) is 8.86. The lowest BCUT2D eigenvalue weighted by Crippen LogP contribution is -2.29. The van der Waals surface area contributed by atoms with Gasteiger partial charge in [-0.3, -0.25) is 14.5 Å². The maximum absolute atomic E-state index is 12.6. The Morgan fingerprint density at radius 2 is 1.90 bits per heavy atom. The average molecular weight is 426 g/mol. The van der Waals surface area contributed by atoms with Crippen LogP contribution in [0, 0.1) is 0 Å². The molecule has 0 unspecified atom stereocenters. The summed E-state index contributed by atoms with van der Waals surface area (Å²) in [7, 11) is 0. The maximum Gasteiger partial charge on any atom is 0.266 e. The van der Waals surface area contributed by atoms with Gasteiger partial charge in [0.05, 0.1) is 10.9 Å². The van der Waals surface area contributed by atoms with Crippen LogP contribution in [0.3, 0.4) is 0 Å². The van der Waals surface area contributed by atoms with E-state index in [0.717, 1.165) is 5.56 Å². The van der Waals surface area contributed by atoms with E-state index in [2.05, 4.69) is 5.32 Å². The molecule has 1 fully saturated rings. The fourth-order valence-corrected chi connectivity index (χ4v) is 4.05. The monoisotopic (exact) mass is 425 g/mol. The number of thiocarbonyl (C=S) groups is 1. The van der Waals surface area contributed by atoms with E-state index in [1.165, 1.54) is 34.9 Å². The molecule has 3 rings (SSSR count). The van der Waals surface area contributed by atoms with Crippen LogP contribution in [-0.2, 0) is 9.59 Å². The largest absolute Gasteiger partial charge is 0.545 e. The maximum atomic E-state index is 12.6. The quantitative estimate of drug-likeness (QED) is 0.542. The van der Waals surface area contributed by atoms with Crippen LogP contribution in [0.5, 0.6) is 0 Å². The van der Waals surface area contributed by atoms with Crippen LogP contribution in [0.4, 0.5) is 5.69 Å². The molecule has 1 heterocycles. The molecule has 2 aromatic rings. The molecule has 0 saturated carbocycles. The van der Waals surface area contributed by atoms with Gasteiger partial charge in [0.15, 0.2) is 0 Å². The molecule has 8 heteroatoms. The van der Waals surface area contributed by atoms with Crippen LogP contribution in [0.15, 0.2) is 59.5 Å². The van der Waals surface area contributed by atoms with E-state index in [1.807, 2.05) is 30.3 Å². The van der Waals surface area contributed by atoms with E-state index in [-0.39, 0.29) is 23.8 Å². The zero-order valence-corrected chi connectivity index (χ0v) is 16.9. The summed E-state index contributed by atoms with van der Waals surface area (Å²) in [6, 6.07) is 15.4. The van der Waals surface area contributed by atoms with E-state index in [9.17, 15) is 19.5 Å². The molecule has 1 saturated heterocycles. The third-order valence-electron chi connectivity index (χ3n) is 4.14. The fourth-order valence-electron chi connectivity index (χ4n) is 2.74. The summed E-state index contributed by atoms with van der Waals surface area (Å²) in [6.45, 7) is 0.337. The van der Waals surface area contributed by atoms with E-state index >= 15 is 0 Å². The van der Waals surface area contributed by atoms with Crippen LogP contribution in [0.1, 0.15) is 28.8 Å². The van der Waals surface area contributed by atoms with Gasteiger partial charge < -0.3 is 15.2 Å². The second kappa shape index (κ2) is 9.49. The number of benzene rings is 2. The topological polar surface area (TPSA) is 89.5 Å². The van der Waals surface area contributed by atoms with Crippen LogP contribution in [0.25, 0.3) is 6.08 Å². The van der Waals surface area contributed by atoms with Crippen molar-refractivity contribution in [2.75, 3.05) is 11.9 Å². The van der Waals surface area contributed by atoms with Gasteiger partial charge in [0, 0.05) is 18.7 Å². The molecular formula is C21H17N2O4S2-. The van der Waals surface area contributed by atoms with Crippen molar-refractivity contribution in [1.82, 2.24) is 4.90 Å². The minimum absolute atomic E-state index is 0.00873. The van der Waals surface area contributed by atoms with Crippen molar-refractivity contribution in [2.24, 2.45) is 0 Å². The first-order chi connectivity index (χ1) is 13.9. The van der Waals surface area contributed by atoms with Crippen LogP contribution in [-0.4, -0.2) is 33.5 Å². The number of nitrogens with zero attached hydrogens (tertiary/aromatic N) is 1. The number of carbonyl (C=O) groups excluding carboxylic acids is 3. The highest BCUT2D eigenvalue weighted by Crippen LogP contribution is 2.32. The Kier molecular flexibility index (Phi) is 6.79. The Hall–Kier alpha value is -2.97. The van der Waals surface area contributed by atoms with Gasteiger partial charge in [-0.2, -0.15) is 0 Å². The Morgan fingerprint density at radius 3 is 2.62 bits per heavy atom. The normalized spacial score (nSPS) is 15.0. The highest BCUT2D eigenvalue weighted by molar-refractivity contribution is 8.26. The highest BCUT2D eigenvalue weighted by atomic mass is 32.2. The smallest absolute Gasteiger partial charge is 0.266 e. The second-order valence-electron chi connectivity index (χ2n) is 6.26. The molecule has 2 amide bonds. The van der Waals surface area contributed by atoms with Gasteiger partial charge in [-0.25, -0.2) is 0 Å². The Labute approximate surface area is 177 Å². The number of amides is 2. The van der Waals surface area contributed by atoms with Crippen molar-refractivity contribution in [3.63, 3.8) is 0 Å². The number of carbonyl (C=O) groups is 3. The molecule has 0 bridgehead atoms. The van der Waals surface area contributed by atoms with Gasteiger partial charge in [0.25, 0.3) is 5.91 Å². The molecule has 148 valence electrons. The molecule has 1 N–H and O–H groups in total. The number of aromatic carboxylic acids is 1. The molecule has 1 aliphatic heterocycles. The van der Waals surface area contributed by atoms with Crippen molar-refractivity contribution < 1.29 is 19.5 Å². The average Bonchev–Trinajstić information content (AvgIpc) is 2.96. The number of rotatable bonds is 7. The van der Waals surface area contributed by atoms with E-state index in [1.54, 1.807) is 12.1 Å². The van der Waals surface area contributed by atoms with Crippen LogP contribution in [0.2, 0.25) is 0 Å². The summed E-state index contributed by atoms with van der Waals surface area (Å²) in [5, 5.41) is 13.5. The summed E-state index contributed by atoms with van der Waals surface area (Å²) < 4.78 is 0.472. The van der Waals surface area contributed by atoms with E-state index in [4.69, 9.17) is 12.2 Å². The lowest BCUT2D eigenvalue weighted by molar-refractivity contribution is -0.255. The van der Waals surface area contributed by atoms with Crippen molar-refractivity contribution in [3.8, 4) is 0 Å². The molecule has 0 atom stereocenters. The lowest BCUT2D eigenvalue weighted by atomic mass is 10.2. The number of hydrogen-bond donors (Lipinski definition) is 1. The van der Waals surface area contributed by atoms with Gasteiger partial charge in [0.1, 0.15) is 4.32 Å². The minimum Gasteiger partial charge on any atom is -0.545 e. The molecule has 1 aliphatic rings. The minimum atomic E-state index is -1.31. The van der Waals surface area contributed by atoms with Gasteiger partial charge in [-0.05, 0) is 35.8 Å². The summed E-state index contributed by atoms with van der Waals surface area (Å²) in [4.78, 5) is 37.6. The standard InChI is InChI=1S/C21H18N2O4S2/c24-18(22-16-9-4-8-15(13-16)20(26)27)10-5-11-23-19(25)17(29-21(23)28)12-14-6-2-1-3-7-14/h1-4,6-9,12-13H,5,10-11H2,(H,22,24)(H,26,27)/p-1/b17-12+. The SMILES string of the molecule is O=C(CCCN1C(=O)/C(=C\c2ccccc2)SC1=S)Nc1cccc(C(=O)[O-])c1. The summed E-state index contributed by atoms with van der Waals surface area (Å²) in [5.41, 5.74) is 1.30. The number of thioether (sulfide) groups is 1. The van der Waals surface area contributed by atoms with Gasteiger partial charge in [-0.15, -0.1) is 0 Å². The fraction of sp³-hybridized carbons (Fsp3) is 0.143.